The molecule has 3 aromatic rings. The van der Waals surface area contributed by atoms with Crippen LogP contribution in [0.2, 0.25) is 0 Å². The molecule has 2 heterocycles. The topological polar surface area (TPSA) is 56.2 Å². The molecule has 0 spiro atoms. The third kappa shape index (κ3) is 4.44. The van der Waals surface area contributed by atoms with Gasteiger partial charge >= 0.3 is 0 Å². The summed E-state index contributed by atoms with van der Waals surface area (Å²) in [6.45, 7) is 12.1. The number of carbonyl (C=O) groups is 1. The van der Waals surface area contributed by atoms with E-state index in [1.807, 2.05) is 29.2 Å². The van der Waals surface area contributed by atoms with Gasteiger partial charge in [0.15, 0.2) is 0 Å². The van der Waals surface area contributed by atoms with E-state index in [4.69, 9.17) is 4.74 Å². The lowest BCUT2D eigenvalue weighted by molar-refractivity contribution is 0.0955. The van der Waals surface area contributed by atoms with Gasteiger partial charge in [-0.1, -0.05) is 6.07 Å². The van der Waals surface area contributed by atoms with Crippen LogP contribution in [0.25, 0.3) is 0 Å². The Bertz CT molecular complexity index is 988. The van der Waals surface area contributed by atoms with E-state index in [9.17, 15) is 4.79 Å². The second kappa shape index (κ2) is 8.61. The number of hydrogen-bond acceptors (Lipinski definition) is 4. The van der Waals surface area contributed by atoms with Crippen molar-refractivity contribution in [2.75, 3.05) is 0 Å². The molecule has 0 aliphatic heterocycles. The lowest BCUT2D eigenvalue weighted by atomic mass is 10.1. The monoisotopic (exact) mass is 397 g/mol. The molecule has 148 valence electrons. The predicted octanol–water partition coefficient (Wildman–Crippen LogP) is 4.71. The van der Waals surface area contributed by atoms with E-state index in [-0.39, 0.29) is 5.91 Å². The number of aryl methyl sites for hydroxylation is 3. The zero-order valence-corrected chi connectivity index (χ0v) is 17.9. The summed E-state index contributed by atoms with van der Waals surface area (Å²) in [5.74, 6) is 0.834. The molecule has 1 N–H and O–H groups in total. The molecule has 6 heteroatoms. The van der Waals surface area contributed by atoms with Crippen molar-refractivity contribution >= 4 is 17.2 Å². The van der Waals surface area contributed by atoms with Crippen molar-refractivity contribution in [3.8, 4) is 5.75 Å². The quantitative estimate of drug-likeness (QED) is 0.628. The van der Waals surface area contributed by atoms with E-state index in [2.05, 4.69) is 50.2 Å². The highest BCUT2D eigenvalue weighted by Crippen LogP contribution is 2.25. The molecular weight excluding hydrogens is 370 g/mol. The summed E-state index contributed by atoms with van der Waals surface area (Å²) in [6, 6.07) is 6.11. The van der Waals surface area contributed by atoms with Crippen LogP contribution in [0.1, 0.15) is 50.1 Å². The van der Waals surface area contributed by atoms with Crippen LogP contribution in [0.15, 0.2) is 29.8 Å². The summed E-state index contributed by atoms with van der Waals surface area (Å²) in [6.07, 6.45) is 1.82. The van der Waals surface area contributed by atoms with Crippen LogP contribution in [0.3, 0.4) is 0 Å². The fourth-order valence-electron chi connectivity index (χ4n) is 3.12. The van der Waals surface area contributed by atoms with Crippen LogP contribution < -0.4 is 10.1 Å². The molecule has 0 atom stereocenters. The van der Waals surface area contributed by atoms with Gasteiger partial charge in [0.1, 0.15) is 12.4 Å². The van der Waals surface area contributed by atoms with Crippen LogP contribution >= 0.6 is 11.3 Å². The Hall–Kier alpha value is -2.60. The molecule has 3 rings (SSSR count). The van der Waals surface area contributed by atoms with Crippen molar-refractivity contribution in [3.63, 3.8) is 0 Å². The van der Waals surface area contributed by atoms with Gasteiger partial charge < -0.3 is 10.1 Å². The van der Waals surface area contributed by atoms with Gasteiger partial charge in [0, 0.05) is 29.9 Å². The molecule has 0 aliphatic rings. The second-order valence-corrected chi connectivity index (χ2v) is 7.98. The Kier molecular flexibility index (Phi) is 6.19. The molecule has 0 saturated heterocycles. The first-order valence-corrected chi connectivity index (χ1v) is 10.3. The molecule has 5 nitrogen and oxygen atoms in total. The van der Waals surface area contributed by atoms with E-state index >= 15 is 0 Å². The number of ether oxygens (including phenoxy) is 1. The third-order valence-corrected chi connectivity index (χ3v) is 5.96. The standard InChI is InChI=1S/C22H27N3O2S/c1-6-25-17(5)19(11-24-25)10-23-22(26)21-9-18(13-28-21)12-27-20-8-14(2)7-15(3)16(20)4/h7-9,11,13H,6,10,12H2,1-5H3,(H,23,26). The van der Waals surface area contributed by atoms with Gasteiger partial charge in [0.2, 0.25) is 0 Å². The maximum absolute atomic E-state index is 12.5. The van der Waals surface area contributed by atoms with Gasteiger partial charge in [-0.2, -0.15) is 5.10 Å². The highest BCUT2D eigenvalue weighted by atomic mass is 32.1. The second-order valence-electron chi connectivity index (χ2n) is 7.07. The summed E-state index contributed by atoms with van der Waals surface area (Å²) in [7, 11) is 0. The summed E-state index contributed by atoms with van der Waals surface area (Å²) in [5.41, 5.74) is 6.70. The fraction of sp³-hybridized carbons (Fsp3) is 0.364. The Morgan fingerprint density at radius 3 is 2.71 bits per heavy atom. The number of nitrogens with zero attached hydrogens (tertiary/aromatic N) is 2. The smallest absolute Gasteiger partial charge is 0.261 e. The lowest BCUT2D eigenvalue weighted by Gasteiger charge is -2.11. The lowest BCUT2D eigenvalue weighted by Crippen LogP contribution is -2.22. The molecule has 2 aromatic heterocycles. The first kappa shape index (κ1) is 20.1. The highest BCUT2D eigenvalue weighted by Gasteiger charge is 2.12. The van der Waals surface area contributed by atoms with E-state index in [0.717, 1.165) is 34.7 Å². The maximum Gasteiger partial charge on any atom is 0.261 e. The molecule has 1 aromatic carbocycles. The van der Waals surface area contributed by atoms with Crippen LogP contribution in [-0.2, 0) is 19.7 Å². The van der Waals surface area contributed by atoms with Gasteiger partial charge in [-0.25, -0.2) is 0 Å². The fourth-order valence-corrected chi connectivity index (χ4v) is 3.94. The van der Waals surface area contributed by atoms with Crippen molar-refractivity contribution in [3.05, 3.63) is 68.2 Å². The Morgan fingerprint density at radius 2 is 2.00 bits per heavy atom. The number of thiophene rings is 1. The van der Waals surface area contributed by atoms with Gasteiger partial charge in [-0.3, -0.25) is 9.48 Å². The van der Waals surface area contributed by atoms with Gasteiger partial charge in [0.25, 0.3) is 5.91 Å². The SMILES string of the molecule is CCn1ncc(CNC(=O)c2cc(COc3cc(C)cc(C)c3C)cs2)c1C. The molecule has 0 fully saturated rings. The van der Waals surface area contributed by atoms with Crippen LogP contribution in [0.5, 0.6) is 5.75 Å². The molecular formula is C22H27N3O2S. The predicted molar refractivity (Wildman–Crippen MR) is 113 cm³/mol. The third-order valence-electron chi connectivity index (χ3n) is 4.98. The molecule has 28 heavy (non-hydrogen) atoms. The van der Waals surface area contributed by atoms with Crippen LogP contribution in [0, 0.1) is 27.7 Å². The number of carbonyl (C=O) groups excluding carboxylic acids is 1. The zero-order chi connectivity index (χ0) is 20.3. The minimum Gasteiger partial charge on any atom is -0.489 e. The molecule has 0 aliphatic carbocycles. The molecule has 0 radical (unpaired) electrons. The summed E-state index contributed by atoms with van der Waals surface area (Å²) < 4.78 is 7.93. The largest absolute Gasteiger partial charge is 0.489 e. The van der Waals surface area contributed by atoms with Crippen molar-refractivity contribution in [1.29, 1.82) is 0 Å². The number of hydrogen-bond donors (Lipinski definition) is 1. The van der Waals surface area contributed by atoms with Crippen molar-refractivity contribution < 1.29 is 9.53 Å². The first-order valence-electron chi connectivity index (χ1n) is 9.46. The Balaban J connectivity index is 1.59. The van der Waals surface area contributed by atoms with Gasteiger partial charge in [-0.05, 0) is 68.8 Å². The molecule has 0 bridgehead atoms. The number of aromatic nitrogens is 2. The van der Waals surface area contributed by atoms with Crippen molar-refractivity contribution in [2.24, 2.45) is 0 Å². The average molecular weight is 398 g/mol. The highest BCUT2D eigenvalue weighted by molar-refractivity contribution is 7.12. The minimum absolute atomic E-state index is 0.0671. The van der Waals surface area contributed by atoms with E-state index in [1.54, 1.807) is 0 Å². The Labute approximate surface area is 170 Å². The van der Waals surface area contributed by atoms with Crippen molar-refractivity contribution in [2.45, 2.75) is 54.3 Å². The van der Waals surface area contributed by atoms with Crippen molar-refractivity contribution in [1.82, 2.24) is 15.1 Å². The first-order chi connectivity index (χ1) is 13.4. The summed E-state index contributed by atoms with van der Waals surface area (Å²) >= 11 is 1.44. The van der Waals surface area contributed by atoms with E-state index in [0.29, 0.717) is 18.0 Å². The number of rotatable bonds is 7. The molecule has 0 saturated carbocycles. The Morgan fingerprint density at radius 1 is 1.21 bits per heavy atom. The van der Waals surface area contributed by atoms with E-state index < -0.39 is 0 Å². The average Bonchev–Trinajstić information content (AvgIpc) is 3.28. The molecule has 0 unspecified atom stereocenters. The maximum atomic E-state index is 12.5. The minimum atomic E-state index is -0.0671. The van der Waals surface area contributed by atoms with Gasteiger partial charge in [0.05, 0.1) is 11.1 Å². The zero-order valence-electron chi connectivity index (χ0n) is 17.1. The van der Waals surface area contributed by atoms with Gasteiger partial charge in [-0.15, -0.1) is 11.3 Å². The normalized spacial score (nSPS) is 10.9. The molecule has 1 amide bonds. The number of nitrogens with one attached hydrogen (secondary N) is 1. The van der Waals surface area contributed by atoms with E-state index in [1.165, 1.54) is 22.5 Å². The van der Waals surface area contributed by atoms with Crippen LogP contribution in [-0.4, -0.2) is 15.7 Å². The number of amides is 1. The summed E-state index contributed by atoms with van der Waals surface area (Å²) in [4.78, 5) is 13.2. The van der Waals surface area contributed by atoms with Crippen LogP contribution in [0.4, 0.5) is 0 Å². The number of benzene rings is 1. The summed E-state index contributed by atoms with van der Waals surface area (Å²) in [5, 5.41) is 9.27.